The Labute approximate surface area is 98.7 Å². The molecule has 3 N–H and O–H groups in total. The quantitative estimate of drug-likeness (QED) is 0.480. The molecular weight excluding hydrogens is 230 g/mol. The molecule has 0 spiro atoms. The van der Waals surface area contributed by atoms with Crippen LogP contribution in [0.15, 0.2) is 0 Å². The highest BCUT2D eigenvalue weighted by molar-refractivity contribution is 7.82. The fourth-order valence-corrected chi connectivity index (χ4v) is 0.953. The third-order valence-corrected chi connectivity index (χ3v) is 2.38. The molecule has 0 aromatic heterocycles. The molecule has 1 amide bonds. The highest BCUT2D eigenvalue weighted by Gasteiger charge is 2.23. The van der Waals surface area contributed by atoms with Crippen molar-refractivity contribution in [2.75, 3.05) is 13.7 Å². The highest BCUT2D eigenvalue weighted by Crippen LogP contribution is 1.98. The lowest BCUT2D eigenvalue weighted by molar-refractivity contribution is -0.144. The molecule has 0 aromatic rings. The predicted octanol–water partition coefficient (Wildman–Crippen LogP) is -0.868. The van der Waals surface area contributed by atoms with Crippen LogP contribution in [0, 0.1) is 17.2 Å². The van der Waals surface area contributed by atoms with Crippen molar-refractivity contribution >= 4 is 29.0 Å². The number of nitriles is 1. The van der Waals surface area contributed by atoms with Crippen LogP contribution in [0.1, 0.15) is 6.92 Å². The lowest BCUT2D eigenvalue weighted by Crippen LogP contribution is -2.49. The lowest BCUT2D eigenvalue weighted by Gasteiger charge is -2.15. The van der Waals surface area contributed by atoms with Crippen LogP contribution in [0.5, 0.6) is 0 Å². The van der Waals surface area contributed by atoms with E-state index in [2.05, 4.69) is 10.1 Å². The molecule has 2 unspecified atom stereocenters. The van der Waals surface area contributed by atoms with E-state index < -0.39 is 23.8 Å². The molecule has 0 radical (unpaired) electrons. The van der Waals surface area contributed by atoms with Crippen molar-refractivity contribution in [1.29, 1.82) is 5.26 Å². The van der Waals surface area contributed by atoms with Crippen molar-refractivity contribution in [3.8, 4) is 6.07 Å². The van der Waals surface area contributed by atoms with E-state index in [9.17, 15) is 9.59 Å². The summed E-state index contributed by atoms with van der Waals surface area (Å²) in [6, 6.07) is 0.887. The molecule has 0 aromatic carbocycles. The van der Waals surface area contributed by atoms with Crippen molar-refractivity contribution in [2.24, 2.45) is 11.7 Å². The molecule has 2 atom stereocenters. The van der Waals surface area contributed by atoms with Gasteiger partial charge in [0.1, 0.15) is 6.04 Å². The number of esters is 1. The Hall–Kier alpha value is -1.52. The summed E-state index contributed by atoms with van der Waals surface area (Å²) in [6.45, 7) is 1.40. The molecule has 6 nitrogen and oxygen atoms in total. The topological polar surface area (TPSA) is 105 Å². The number of ether oxygens (including phenoxy) is 1. The summed E-state index contributed by atoms with van der Waals surface area (Å²) in [5.74, 6) is -1.99. The molecule has 16 heavy (non-hydrogen) atoms. The third-order valence-electron chi connectivity index (χ3n) is 1.84. The number of amides is 1. The average molecular weight is 243 g/mol. The zero-order chi connectivity index (χ0) is 12.7. The molecule has 88 valence electrons. The Bertz CT molecular complexity index is 337. The number of hydrogen-bond acceptors (Lipinski definition) is 6. The summed E-state index contributed by atoms with van der Waals surface area (Å²) in [6.07, 6.45) is 0. The van der Waals surface area contributed by atoms with Gasteiger partial charge in [-0.3, -0.25) is 4.79 Å². The van der Waals surface area contributed by atoms with Gasteiger partial charge in [-0.05, 0) is 6.92 Å². The zero-order valence-corrected chi connectivity index (χ0v) is 9.84. The number of nitrogens with zero attached hydrogens (tertiary/aromatic N) is 1. The van der Waals surface area contributed by atoms with E-state index in [1.54, 1.807) is 0 Å². The van der Waals surface area contributed by atoms with Gasteiger partial charge in [0.2, 0.25) is 0 Å². The fourth-order valence-electron chi connectivity index (χ4n) is 0.841. The average Bonchev–Trinajstić information content (AvgIpc) is 2.32. The summed E-state index contributed by atoms with van der Waals surface area (Å²) in [7, 11) is 1.19. The molecule has 0 aliphatic heterocycles. The molecule has 0 aliphatic carbocycles. The minimum atomic E-state index is -0.943. The monoisotopic (exact) mass is 243 g/mol. The summed E-state index contributed by atoms with van der Waals surface area (Å²) in [5, 5.41) is 10.9. The maximum absolute atomic E-state index is 11.5. The summed E-state index contributed by atoms with van der Waals surface area (Å²) < 4.78 is 4.43. The van der Waals surface area contributed by atoms with Crippen molar-refractivity contribution in [3.05, 3.63) is 0 Å². The minimum absolute atomic E-state index is 0.0788. The first kappa shape index (κ1) is 14.5. The fraction of sp³-hybridized carbons (Fsp3) is 0.556. The van der Waals surface area contributed by atoms with Gasteiger partial charge in [0.15, 0.2) is 0 Å². The van der Waals surface area contributed by atoms with E-state index in [0.717, 1.165) is 0 Å². The van der Waals surface area contributed by atoms with Gasteiger partial charge in [0.25, 0.3) is 5.91 Å². The molecule has 0 aliphatic rings. The van der Waals surface area contributed by atoms with E-state index in [1.165, 1.54) is 14.0 Å². The van der Waals surface area contributed by atoms with Crippen LogP contribution in [-0.4, -0.2) is 36.4 Å². The number of hydrogen-bond donors (Lipinski definition) is 2. The normalized spacial score (nSPS) is 13.1. The van der Waals surface area contributed by atoms with Crippen molar-refractivity contribution in [2.45, 2.75) is 13.0 Å². The number of carbonyl (C=O) groups is 2. The second kappa shape index (κ2) is 6.87. The Kier molecular flexibility index (Phi) is 6.22. The van der Waals surface area contributed by atoms with E-state index in [1.807, 2.05) is 6.07 Å². The van der Waals surface area contributed by atoms with Gasteiger partial charge in [-0.1, -0.05) is 12.2 Å². The predicted molar refractivity (Wildman–Crippen MR) is 60.4 cm³/mol. The number of carbonyl (C=O) groups excluding carboxylic acids is 2. The molecule has 0 saturated carbocycles. The maximum Gasteiger partial charge on any atom is 0.329 e. The molecular formula is C9H13N3O3S. The van der Waals surface area contributed by atoms with Gasteiger partial charge in [0.05, 0.1) is 24.0 Å². The van der Waals surface area contributed by atoms with Gasteiger partial charge in [-0.25, -0.2) is 4.79 Å². The van der Waals surface area contributed by atoms with E-state index in [0.29, 0.717) is 0 Å². The molecule has 0 rings (SSSR count). The van der Waals surface area contributed by atoms with Crippen LogP contribution in [-0.2, 0) is 14.3 Å². The van der Waals surface area contributed by atoms with Gasteiger partial charge < -0.3 is 15.8 Å². The van der Waals surface area contributed by atoms with Gasteiger partial charge in [-0.15, -0.1) is 0 Å². The second-order valence-corrected chi connectivity index (χ2v) is 3.44. The molecule has 7 heteroatoms. The van der Waals surface area contributed by atoms with Gasteiger partial charge in [0, 0.05) is 6.54 Å². The first-order valence-electron chi connectivity index (χ1n) is 4.50. The van der Waals surface area contributed by atoms with Crippen LogP contribution in [0.2, 0.25) is 0 Å². The van der Waals surface area contributed by atoms with Crippen LogP contribution < -0.4 is 11.1 Å². The molecule has 0 saturated heterocycles. The summed E-state index contributed by atoms with van der Waals surface area (Å²) >= 11 is 4.76. The van der Waals surface area contributed by atoms with Crippen LogP contribution in [0.25, 0.3) is 0 Å². The smallest absolute Gasteiger partial charge is 0.329 e. The Morgan fingerprint density at radius 1 is 1.62 bits per heavy atom. The molecule has 0 bridgehead atoms. The van der Waals surface area contributed by atoms with E-state index >= 15 is 0 Å². The van der Waals surface area contributed by atoms with Crippen LogP contribution in [0.4, 0.5) is 0 Å². The van der Waals surface area contributed by atoms with Crippen molar-refractivity contribution in [3.63, 3.8) is 0 Å². The van der Waals surface area contributed by atoms with Crippen LogP contribution >= 0.6 is 12.2 Å². The maximum atomic E-state index is 11.5. The Morgan fingerprint density at radius 2 is 2.19 bits per heavy atom. The number of rotatable bonds is 5. The summed E-state index contributed by atoms with van der Waals surface area (Å²) in [5.41, 5.74) is 5.28. The minimum Gasteiger partial charge on any atom is -0.467 e. The first-order valence-corrected chi connectivity index (χ1v) is 4.91. The second-order valence-electron chi connectivity index (χ2n) is 3.00. The van der Waals surface area contributed by atoms with E-state index in [-0.39, 0.29) is 11.4 Å². The van der Waals surface area contributed by atoms with E-state index in [4.69, 9.17) is 23.2 Å². The van der Waals surface area contributed by atoms with Gasteiger partial charge in [-0.2, -0.15) is 5.26 Å². The number of nitrogens with two attached hydrogens (primary N) is 1. The number of methoxy groups -OCH3 is 1. The summed E-state index contributed by atoms with van der Waals surface area (Å²) in [4.78, 5) is 22.5. The first-order chi connectivity index (χ1) is 7.47. The van der Waals surface area contributed by atoms with Crippen LogP contribution in [0.3, 0.4) is 0 Å². The standard InChI is InChI=1S/C9H13N3O3S/c1-5(3-10)7(16)8(13)12-6(4-11)9(14)15-2/h5-6H,4,11H2,1-2H3,(H,12,13). The highest BCUT2D eigenvalue weighted by atomic mass is 32.1. The van der Waals surface area contributed by atoms with Crippen molar-refractivity contribution in [1.82, 2.24) is 5.32 Å². The molecule has 0 heterocycles. The third kappa shape index (κ3) is 3.92. The van der Waals surface area contributed by atoms with Gasteiger partial charge >= 0.3 is 5.97 Å². The van der Waals surface area contributed by atoms with Crippen molar-refractivity contribution < 1.29 is 14.3 Å². The largest absolute Gasteiger partial charge is 0.467 e. The number of thiocarbonyl (C=S) groups is 1. The zero-order valence-electron chi connectivity index (χ0n) is 9.02. The number of nitrogens with one attached hydrogen (secondary N) is 1. The Morgan fingerprint density at radius 3 is 2.56 bits per heavy atom. The molecule has 0 fully saturated rings. The SMILES string of the molecule is COC(=O)C(CN)NC(=O)C(=S)C(C)C#N. The Balaban J connectivity index is 4.49. The lowest BCUT2D eigenvalue weighted by atomic mass is 10.1.